The fourth-order valence-corrected chi connectivity index (χ4v) is 2.41. The number of benzene rings is 3. The van der Waals surface area contributed by atoms with Crippen LogP contribution in [0.4, 0.5) is 0 Å². The smallest absolute Gasteiger partial charge is 0.341 e. The molecule has 0 bridgehead atoms. The Kier molecular flexibility index (Phi) is 4.92. The van der Waals surface area contributed by atoms with Crippen molar-refractivity contribution in [1.29, 1.82) is 0 Å². The van der Waals surface area contributed by atoms with Crippen LogP contribution < -0.4 is 4.74 Å². The number of carbonyl (C=O) groups is 1. The maximum absolute atomic E-state index is 12.0. The second-order valence-corrected chi connectivity index (χ2v) is 5.21. The fourth-order valence-electron chi connectivity index (χ4n) is 2.41. The maximum atomic E-state index is 12.0. The zero-order valence-electron chi connectivity index (χ0n) is 13.4. The summed E-state index contributed by atoms with van der Waals surface area (Å²) in [5.41, 5.74) is 2.68. The molecule has 3 nitrogen and oxygen atoms in total. The highest BCUT2D eigenvalue weighted by molar-refractivity contribution is 5.92. The van der Waals surface area contributed by atoms with Crippen LogP contribution in [0.5, 0.6) is 11.5 Å². The van der Waals surface area contributed by atoms with E-state index in [1.54, 1.807) is 25.1 Å². The monoisotopic (exact) mass is 318 g/mol. The number of ether oxygens (including phenoxy) is 2. The summed E-state index contributed by atoms with van der Waals surface area (Å²) in [6, 6.07) is 25.0. The molecule has 0 aromatic heterocycles. The van der Waals surface area contributed by atoms with Crippen LogP contribution in [0.3, 0.4) is 0 Å². The van der Waals surface area contributed by atoms with Crippen molar-refractivity contribution < 1.29 is 14.3 Å². The van der Waals surface area contributed by atoms with Gasteiger partial charge in [-0.1, -0.05) is 54.6 Å². The van der Waals surface area contributed by atoms with Gasteiger partial charge in [-0.3, -0.25) is 0 Å². The van der Waals surface area contributed by atoms with Crippen molar-refractivity contribution in [3.05, 3.63) is 84.4 Å². The maximum Gasteiger partial charge on any atom is 0.341 e. The lowest BCUT2D eigenvalue weighted by Gasteiger charge is -2.11. The number of para-hydroxylation sites is 1. The van der Waals surface area contributed by atoms with Crippen molar-refractivity contribution in [3.8, 4) is 22.6 Å². The van der Waals surface area contributed by atoms with E-state index in [4.69, 9.17) is 9.47 Å². The normalized spacial score (nSPS) is 10.2. The van der Waals surface area contributed by atoms with Gasteiger partial charge >= 0.3 is 5.97 Å². The van der Waals surface area contributed by atoms with Crippen LogP contribution in [0.15, 0.2) is 78.9 Å². The summed E-state index contributed by atoms with van der Waals surface area (Å²) in [6.45, 7) is 2.11. The second-order valence-electron chi connectivity index (χ2n) is 5.21. The van der Waals surface area contributed by atoms with Crippen molar-refractivity contribution in [2.75, 3.05) is 6.61 Å². The Balaban J connectivity index is 1.81. The molecule has 0 atom stereocenters. The van der Waals surface area contributed by atoms with Crippen LogP contribution in [0.2, 0.25) is 0 Å². The summed E-state index contributed by atoms with van der Waals surface area (Å²) in [6.07, 6.45) is 0. The van der Waals surface area contributed by atoms with Gasteiger partial charge in [0.15, 0.2) is 0 Å². The lowest BCUT2D eigenvalue weighted by atomic mass is 10.1. The molecule has 0 heterocycles. The third kappa shape index (κ3) is 3.63. The van der Waals surface area contributed by atoms with E-state index in [1.165, 1.54) is 0 Å². The molecule has 24 heavy (non-hydrogen) atoms. The molecule has 0 amide bonds. The van der Waals surface area contributed by atoms with Gasteiger partial charge in [-0.25, -0.2) is 4.79 Å². The van der Waals surface area contributed by atoms with E-state index in [1.807, 2.05) is 48.5 Å². The molecule has 0 fully saturated rings. The zero-order valence-corrected chi connectivity index (χ0v) is 13.4. The van der Waals surface area contributed by atoms with Crippen molar-refractivity contribution in [2.24, 2.45) is 0 Å². The van der Waals surface area contributed by atoms with E-state index >= 15 is 0 Å². The molecule has 0 spiro atoms. The molecular formula is C21H18O3. The summed E-state index contributed by atoms with van der Waals surface area (Å²) in [5, 5.41) is 0. The Morgan fingerprint density at radius 1 is 0.792 bits per heavy atom. The molecule has 3 heteroatoms. The average Bonchev–Trinajstić information content (AvgIpc) is 2.64. The van der Waals surface area contributed by atoms with Crippen molar-refractivity contribution in [3.63, 3.8) is 0 Å². The lowest BCUT2D eigenvalue weighted by molar-refractivity contribution is 0.0523. The van der Waals surface area contributed by atoms with Crippen molar-refractivity contribution >= 4 is 5.97 Å². The van der Waals surface area contributed by atoms with Crippen LogP contribution in [0, 0.1) is 0 Å². The summed E-state index contributed by atoms with van der Waals surface area (Å²) in [4.78, 5) is 12.0. The molecule has 0 aliphatic carbocycles. The predicted molar refractivity (Wildman–Crippen MR) is 94.4 cm³/mol. The highest BCUT2D eigenvalue weighted by Crippen LogP contribution is 2.28. The number of rotatable bonds is 5. The summed E-state index contributed by atoms with van der Waals surface area (Å²) >= 11 is 0. The van der Waals surface area contributed by atoms with E-state index in [9.17, 15) is 4.79 Å². The van der Waals surface area contributed by atoms with E-state index in [-0.39, 0.29) is 5.97 Å². The largest absolute Gasteiger partial charge is 0.462 e. The van der Waals surface area contributed by atoms with E-state index in [0.717, 1.165) is 11.1 Å². The van der Waals surface area contributed by atoms with E-state index in [0.29, 0.717) is 23.7 Å². The van der Waals surface area contributed by atoms with Gasteiger partial charge in [0, 0.05) is 0 Å². The van der Waals surface area contributed by atoms with Crippen LogP contribution in [-0.4, -0.2) is 12.6 Å². The third-order valence-corrected chi connectivity index (χ3v) is 3.57. The Morgan fingerprint density at radius 2 is 1.42 bits per heavy atom. The van der Waals surface area contributed by atoms with Gasteiger partial charge in [-0.15, -0.1) is 0 Å². The number of esters is 1. The van der Waals surface area contributed by atoms with E-state index < -0.39 is 0 Å². The van der Waals surface area contributed by atoms with Gasteiger partial charge in [0.2, 0.25) is 0 Å². The molecule has 0 N–H and O–H groups in total. The number of carbonyl (C=O) groups excluding carboxylic acids is 1. The molecule has 3 aromatic rings. The first kappa shape index (κ1) is 15.8. The SMILES string of the molecule is CCOC(=O)c1ccccc1Oc1ccc(-c2ccccc2)cc1. The van der Waals surface area contributed by atoms with Gasteiger partial charge in [0.25, 0.3) is 0 Å². The van der Waals surface area contributed by atoms with Crippen molar-refractivity contribution in [1.82, 2.24) is 0 Å². The minimum absolute atomic E-state index is 0.332. The van der Waals surface area contributed by atoms with Crippen LogP contribution in [-0.2, 0) is 4.74 Å². The lowest BCUT2D eigenvalue weighted by Crippen LogP contribution is -2.06. The quantitative estimate of drug-likeness (QED) is 0.597. The van der Waals surface area contributed by atoms with Crippen LogP contribution in [0.1, 0.15) is 17.3 Å². The molecule has 3 rings (SSSR count). The number of hydrogen-bond acceptors (Lipinski definition) is 3. The molecule has 0 unspecified atom stereocenters. The average molecular weight is 318 g/mol. The first-order valence-corrected chi connectivity index (χ1v) is 7.87. The zero-order chi connectivity index (χ0) is 16.8. The Hall–Kier alpha value is -3.07. The van der Waals surface area contributed by atoms with Gasteiger partial charge < -0.3 is 9.47 Å². The van der Waals surface area contributed by atoms with Crippen LogP contribution in [0.25, 0.3) is 11.1 Å². The van der Waals surface area contributed by atoms with E-state index in [2.05, 4.69) is 12.1 Å². The topological polar surface area (TPSA) is 35.5 Å². The fraction of sp³-hybridized carbons (Fsp3) is 0.0952. The Morgan fingerprint density at radius 3 is 2.12 bits per heavy atom. The van der Waals surface area contributed by atoms with Gasteiger partial charge in [-0.2, -0.15) is 0 Å². The second kappa shape index (κ2) is 7.47. The highest BCUT2D eigenvalue weighted by atomic mass is 16.5. The van der Waals surface area contributed by atoms with Gasteiger partial charge in [-0.05, 0) is 42.3 Å². The summed E-state index contributed by atoms with van der Waals surface area (Å²) in [7, 11) is 0. The Labute approximate surface area is 141 Å². The Bertz CT molecular complexity index is 808. The molecule has 0 aliphatic rings. The molecule has 0 aliphatic heterocycles. The van der Waals surface area contributed by atoms with Crippen LogP contribution >= 0.6 is 0 Å². The standard InChI is InChI=1S/C21H18O3/c1-2-23-21(22)19-10-6-7-11-20(19)24-18-14-12-17(13-15-18)16-8-4-3-5-9-16/h3-15H,2H2,1H3. The summed E-state index contributed by atoms with van der Waals surface area (Å²) in [5.74, 6) is 0.781. The minimum atomic E-state index is -0.381. The molecule has 3 aromatic carbocycles. The third-order valence-electron chi connectivity index (χ3n) is 3.57. The first-order chi connectivity index (χ1) is 11.8. The molecular weight excluding hydrogens is 300 g/mol. The minimum Gasteiger partial charge on any atom is -0.462 e. The number of hydrogen-bond donors (Lipinski definition) is 0. The first-order valence-electron chi connectivity index (χ1n) is 7.87. The summed E-state index contributed by atoms with van der Waals surface area (Å²) < 4.78 is 10.9. The molecule has 0 radical (unpaired) electrons. The van der Waals surface area contributed by atoms with Crippen molar-refractivity contribution in [2.45, 2.75) is 6.92 Å². The highest BCUT2D eigenvalue weighted by Gasteiger charge is 2.13. The molecule has 120 valence electrons. The van der Waals surface area contributed by atoms with Gasteiger partial charge in [0.05, 0.1) is 6.61 Å². The molecule has 0 saturated heterocycles. The predicted octanol–water partition coefficient (Wildman–Crippen LogP) is 5.32. The molecule has 0 saturated carbocycles. The van der Waals surface area contributed by atoms with Gasteiger partial charge in [0.1, 0.15) is 17.1 Å².